The lowest BCUT2D eigenvalue weighted by molar-refractivity contribution is 0.0137. The molecule has 2 saturated heterocycles. The lowest BCUT2D eigenvalue weighted by Gasteiger charge is -2.39. The molecule has 4 aliphatic heterocycles. The van der Waals surface area contributed by atoms with Crippen LogP contribution in [0.1, 0.15) is 77.4 Å². The summed E-state index contributed by atoms with van der Waals surface area (Å²) in [6, 6.07) is 53.1. The van der Waals surface area contributed by atoms with Crippen molar-refractivity contribution in [3.8, 4) is 11.5 Å². The third-order valence-corrected chi connectivity index (χ3v) is 14.2. The number of piperazine rings is 2. The van der Waals surface area contributed by atoms with E-state index in [0.29, 0.717) is 19.7 Å². The second kappa shape index (κ2) is 23.3. The maximum atomic E-state index is 12.3. The Hall–Kier alpha value is -6.33. The number of hydrogen-bond acceptors (Lipinski definition) is 9. The second-order valence-electron chi connectivity index (χ2n) is 20.5. The van der Waals surface area contributed by atoms with Crippen molar-refractivity contribution in [2.75, 3.05) is 102 Å². The van der Waals surface area contributed by atoms with Crippen molar-refractivity contribution < 1.29 is 19.0 Å². The molecule has 1 N–H and O–H groups in total. The molecule has 0 aromatic heterocycles. The van der Waals surface area contributed by atoms with Crippen LogP contribution in [0.4, 0.5) is 16.2 Å². The lowest BCUT2D eigenvalue weighted by Crippen LogP contribution is -2.50. The molecule has 372 valence electrons. The number of carbonyl (C=O) groups excluding carboxylic acids is 1. The predicted octanol–water partition coefficient (Wildman–Crippen LogP) is 10.5. The van der Waals surface area contributed by atoms with Gasteiger partial charge in [0.15, 0.2) is 0 Å². The molecule has 4 heterocycles. The molecule has 4 aliphatic rings. The zero-order valence-corrected chi connectivity index (χ0v) is 42.7. The number of benzene rings is 6. The van der Waals surface area contributed by atoms with Crippen molar-refractivity contribution in [1.82, 2.24) is 20.0 Å². The summed E-state index contributed by atoms with van der Waals surface area (Å²) in [5.41, 5.74) is 13.0. The summed E-state index contributed by atoms with van der Waals surface area (Å²) in [4.78, 5) is 24.0. The van der Waals surface area contributed by atoms with Gasteiger partial charge in [0.25, 0.3) is 0 Å². The highest BCUT2D eigenvalue weighted by Gasteiger charge is 2.31. The number of anilines is 2. The molecule has 2 unspecified atom stereocenters. The Bertz CT molecular complexity index is 2620. The van der Waals surface area contributed by atoms with Gasteiger partial charge in [0.05, 0.1) is 12.1 Å². The van der Waals surface area contributed by atoms with Crippen molar-refractivity contribution in [1.29, 1.82) is 0 Å². The number of rotatable bonds is 12. The Balaban J connectivity index is 0.000000179. The molecule has 6 aromatic carbocycles. The summed E-state index contributed by atoms with van der Waals surface area (Å²) in [7, 11) is 0. The Kier molecular flexibility index (Phi) is 16.3. The molecule has 1 amide bonds. The van der Waals surface area contributed by atoms with Gasteiger partial charge in [-0.1, -0.05) is 108 Å². The Morgan fingerprint density at radius 1 is 0.535 bits per heavy atom. The molecule has 0 radical (unpaired) electrons. The lowest BCUT2D eigenvalue weighted by atomic mass is 9.87. The summed E-state index contributed by atoms with van der Waals surface area (Å²) in [6.07, 6.45) is 1.91. The number of hydrogen-bond donors (Lipinski definition) is 1. The van der Waals surface area contributed by atoms with Crippen LogP contribution < -0.4 is 24.6 Å². The standard InChI is InChI=1S/C33H41N3O3.C28H33N3O/c1-25-10-15-30-27(24-25)16-17-36(28-8-6-5-7-9-28)31(30)26-11-13-29(14-12-26)38-23-22-34-18-20-35(21-19-34)32(37)39-33(2,3)4;1-22-7-12-27-24(21-22)13-16-31(25-5-3-2-4-6-25)28(27)23-8-10-26(11-9-23)32-20-19-30-17-14-29-15-18-30/h5-15,24,31H,16-23H2,1-4H3;2-12,21,28-29H,13-20H2,1H3. The highest BCUT2D eigenvalue weighted by atomic mass is 16.6. The van der Waals surface area contributed by atoms with Crippen LogP contribution in [0.15, 0.2) is 146 Å². The van der Waals surface area contributed by atoms with Gasteiger partial charge < -0.3 is 34.2 Å². The first kappa shape index (κ1) is 49.6. The molecular weight excluding hydrogens is 881 g/mol. The average Bonchev–Trinajstić information content (AvgIpc) is 3.39. The van der Waals surface area contributed by atoms with E-state index in [1.165, 1.54) is 55.9 Å². The molecule has 10 rings (SSSR count). The molecule has 71 heavy (non-hydrogen) atoms. The number of ether oxygens (including phenoxy) is 3. The van der Waals surface area contributed by atoms with Crippen LogP contribution in [-0.2, 0) is 17.6 Å². The minimum Gasteiger partial charge on any atom is -0.492 e. The van der Waals surface area contributed by atoms with Crippen LogP contribution in [0.5, 0.6) is 11.5 Å². The molecular formula is C61H74N6O4. The molecule has 0 aliphatic carbocycles. The number of amides is 1. The largest absolute Gasteiger partial charge is 0.492 e. The first-order chi connectivity index (χ1) is 34.5. The molecule has 6 aromatic rings. The molecule has 10 nitrogen and oxygen atoms in total. The van der Waals surface area contributed by atoms with Crippen molar-refractivity contribution in [3.05, 3.63) is 190 Å². The fourth-order valence-electron chi connectivity index (χ4n) is 10.5. The molecule has 0 spiro atoms. The summed E-state index contributed by atoms with van der Waals surface area (Å²) < 4.78 is 17.7. The van der Waals surface area contributed by atoms with Crippen LogP contribution in [0.2, 0.25) is 0 Å². The van der Waals surface area contributed by atoms with E-state index in [-0.39, 0.29) is 18.2 Å². The normalized spacial score (nSPS) is 18.4. The maximum Gasteiger partial charge on any atom is 0.410 e. The van der Waals surface area contributed by atoms with Gasteiger partial charge in [-0.25, -0.2) is 4.79 Å². The van der Waals surface area contributed by atoms with E-state index in [9.17, 15) is 4.79 Å². The van der Waals surface area contributed by atoms with Crippen LogP contribution in [0, 0.1) is 13.8 Å². The van der Waals surface area contributed by atoms with Gasteiger partial charge >= 0.3 is 6.09 Å². The van der Waals surface area contributed by atoms with Crippen molar-refractivity contribution >= 4 is 17.5 Å². The first-order valence-corrected chi connectivity index (χ1v) is 26.0. The SMILES string of the molecule is Cc1ccc2c(c1)CCN(c1ccccc1)C2c1ccc(OCCN2CCN(C(=O)OC(C)(C)C)CC2)cc1.Cc1ccc2c(c1)CCN(c1ccccc1)C2c1ccc(OCCN2CCNCC2)cc1. The van der Waals surface area contributed by atoms with Gasteiger partial charge in [-0.05, 0) is 129 Å². The van der Waals surface area contributed by atoms with E-state index in [1.807, 2.05) is 20.8 Å². The topological polar surface area (TPSA) is 73.0 Å². The number of nitrogens with zero attached hydrogens (tertiary/aromatic N) is 5. The molecule has 0 bridgehead atoms. The van der Waals surface area contributed by atoms with E-state index >= 15 is 0 Å². The third kappa shape index (κ3) is 13.0. The van der Waals surface area contributed by atoms with E-state index in [1.54, 1.807) is 4.90 Å². The fraction of sp³-hybridized carbons (Fsp3) is 0.393. The number of nitrogens with one attached hydrogen (secondary N) is 1. The van der Waals surface area contributed by atoms with Crippen LogP contribution in [-0.4, -0.2) is 118 Å². The van der Waals surface area contributed by atoms with Gasteiger partial charge in [-0.2, -0.15) is 0 Å². The van der Waals surface area contributed by atoms with E-state index in [4.69, 9.17) is 14.2 Å². The zero-order valence-electron chi connectivity index (χ0n) is 42.7. The Morgan fingerprint density at radius 3 is 1.41 bits per heavy atom. The Morgan fingerprint density at radius 2 is 0.972 bits per heavy atom. The third-order valence-electron chi connectivity index (χ3n) is 14.2. The maximum absolute atomic E-state index is 12.3. The van der Waals surface area contributed by atoms with Crippen molar-refractivity contribution in [2.24, 2.45) is 0 Å². The second-order valence-corrected chi connectivity index (χ2v) is 20.5. The smallest absolute Gasteiger partial charge is 0.410 e. The van der Waals surface area contributed by atoms with Crippen molar-refractivity contribution in [2.45, 2.75) is 65.1 Å². The first-order valence-electron chi connectivity index (χ1n) is 26.0. The van der Waals surface area contributed by atoms with Gasteiger partial charge in [-0.3, -0.25) is 9.80 Å². The minimum absolute atomic E-state index is 0.173. The summed E-state index contributed by atoms with van der Waals surface area (Å²) in [6.45, 7) is 22.7. The predicted molar refractivity (Wildman–Crippen MR) is 288 cm³/mol. The van der Waals surface area contributed by atoms with Crippen LogP contribution >= 0.6 is 0 Å². The van der Waals surface area contributed by atoms with Crippen LogP contribution in [0.3, 0.4) is 0 Å². The number of fused-ring (bicyclic) bond motifs is 2. The van der Waals surface area contributed by atoms with E-state index in [0.717, 1.165) is 96.4 Å². The van der Waals surface area contributed by atoms with Gasteiger partial charge in [0, 0.05) is 89.9 Å². The summed E-state index contributed by atoms with van der Waals surface area (Å²) >= 11 is 0. The summed E-state index contributed by atoms with van der Waals surface area (Å²) in [5.74, 6) is 1.84. The van der Waals surface area contributed by atoms with Gasteiger partial charge in [-0.15, -0.1) is 0 Å². The minimum atomic E-state index is -0.461. The molecule has 0 saturated carbocycles. The number of para-hydroxylation sites is 2. The summed E-state index contributed by atoms with van der Waals surface area (Å²) in [5, 5.41) is 3.40. The average molecular weight is 955 g/mol. The number of carbonyl (C=O) groups is 1. The van der Waals surface area contributed by atoms with Crippen molar-refractivity contribution in [3.63, 3.8) is 0 Å². The molecule has 2 atom stereocenters. The van der Waals surface area contributed by atoms with E-state index < -0.39 is 5.60 Å². The monoisotopic (exact) mass is 955 g/mol. The fourth-order valence-corrected chi connectivity index (χ4v) is 10.5. The van der Waals surface area contributed by atoms with Crippen LogP contribution in [0.25, 0.3) is 0 Å². The highest BCUT2D eigenvalue weighted by Crippen LogP contribution is 2.41. The van der Waals surface area contributed by atoms with Gasteiger partial charge in [0.1, 0.15) is 30.3 Å². The van der Waals surface area contributed by atoms with Gasteiger partial charge in [0.2, 0.25) is 0 Å². The Labute approximate surface area is 423 Å². The molecule has 10 heteroatoms. The molecule has 2 fully saturated rings. The number of aryl methyl sites for hydroxylation is 2. The quantitative estimate of drug-likeness (QED) is 0.129. The highest BCUT2D eigenvalue weighted by molar-refractivity contribution is 5.68. The zero-order chi connectivity index (χ0) is 49.2. The van der Waals surface area contributed by atoms with E-state index in [2.05, 4.69) is 184 Å².